The second kappa shape index (κ2) is 6.57. The molecule has 0 saturated heterocycles. The molecule has 1 aromatic carbocycles. The lowest BCUT2D eigenvalue weighted by molar-refractivity contribution is -0.137. The summed E-state index contributed by atoms with van der Waals surface area (Å²) in [5.41, 5.74) is -1.02. The van der Waals surface area contributed by atoms with E-state index in [4.69, 9.17) is 10.5 Å². The van der Waals surface area contributed by atoms with Crippen molar-refractivity contribution < 1.29 is 21.6 Å². The van der Waals surface area contributed by atoms with Gasteiger partial charge in [-0.15, -0.1) is 0 Å². The Bertz CT molecular complexity index is 671. The van der Waals surface area contributed by atoms with Crippen LogP contribution in [0.2, 0.25) is 0 Å². The number of halogens is 3. The van der Waals surface area contributed by atoms with Crippen molar-refractivity contribution in [3.05, 3.63) is 35.4 Å². The van der Waals surface area contributed by atoms with Crippen molar-refractivity contribution in [1.29, 1.82) is 10.5 Å². The fourth-order valence-corrected chi connectivity index (χ4v) is 2.84. The Hall–Kier alpha value is -2.10. The molecule has 0 atom stereocenters. The van der Waals surface area contributed by atoms with E-state index in [2.05, 4.69) is 0 Å². The maximum absolute atomic E-state index is 12.6. The summed E-state index contributed by atoms with van der Waals surface area (Å²) in [5.74, 6) is -0.708. The van der Waals surface area contributed by atoms with E-state index in [0.29, 0.717) is 4.31 Å². The molecule has 0 spiro atoms. The van der Waals surface area contributed by atoms with E-state index in [0.717, 1.165) is 18.2 Å². The van der Waals surface area contributed by atoms with Crippen LogP contribution in [0.3, 0.4) is 0 Å². The van der Waals surface area contributed by atoms with Crippen molar-refractivity contribution in [3.8, 4) is 12.1 Å². The lowest BCUT2D eigenvalue weighted by Crippen LogP contribution is -2.32. The van der Waals surface area contributed by atoms with Crippen molar-refractivity contribution in [1.82, 2.24) is 4.31 Å². The van der Waals surface area contributed by atoms with Crippen LogP contribution in [0.15, 0.2) is 24.3 Å². The van der Waals surface area contributed by atoms with E-state index >= 15 is 0 Å². The summed E-state index contributed by atoms with van der Waals surface area (Å²) in [5, 5.41) is 17.1. The third-order valence-electron chi connectivity index (χ3n) is 2.49. The van der Waals surface area contributed by atoms with Gasteiger partial charge in [0.2, 0.25) is 10.0 Å². The smallest absolute Gasteiger partial charge is 0.212 e. The molecule has 0 N–H and O–H groups in total. The van der Waals surface area contributed by atoms with Crippen LogP contribution in [0, 0.1) is 22.7 Å². The molecule has 0 aromatic heterocycles. The molecular formula is C12H10F3N3O2S. The number of hydrogen-bond acceptors (Lipinski definition) is 4. The molecule has 0 aliphatic carbocycles. The highest BCUT2D eigenvalue weighted by Crippen LogP contribution is 2.30. The summed E-state index contributed by atoms with van der Waals surface area (Å²) >= 11 is 0. The molecule has 0 aliphatic rings. The summed E-state index contributed by atoms with van der Waals surface area (Å²) in [6.45, 7) is -1.07. The maximum Gasteiger partial charge on any atom is 0.416 e. The van der Waals surface area contributed by atoms with E-state index in [1.54, 1.807) is 12.1 Å². The number of hydrogen-bond donors (Lipinski definition) is 0. The zero-order chi connectivity index (χ0) is 16.1. The van der Waals surface area contributed by atoms with Crippen molar-refractivity contribution in [3.63, 3.8) is 0 Å². The van der Waals surface area contributed by atoms with Crippen LogP contribution in [0.25, 0.3) is 0 Å². The largest absolute Gasteiger partial charge is 0.416 e. The Kier molecular flexibility index (Phi) is 5.30. The molecule has 9 heteroatoms. The van der Waals surface area contributed by atoms with Crippen LogP contribution in [0.5, 0.6) is 0 Å². The lowest BCUT2D eigenvalue weighted by Gasteiger charge is -2.16. The standard InChI is InChI=1S/C12H10F3N3O2S/c13-12(14,15)11-3-1-2-10(8-11)9-21(19,20)18(6-4-16)7-5-17/h1-3,8H,6-7,9H2. The number of sulfonamides is 1. The number of alkyl halides is 3. The van der Waals surface area contributed by atoms with Crippen molar-refractivity contribution in [2.45, 2.75) is 11.9 Å². The van der Waals surface area contributed by atoms with Crippen LogP contribution in [0.4, 0.5) is 13.2 Å². The van der Waals surface area contributed by atoms with E-state index < -0.39 is 40.6 Å². The average molecular weight is 317 g/mol. The summed E-state index contributed by atoms with van der Waals surface area (Å²) in [7, 11) is -4.04. The monoisotopic (exact) mass is 317 g/mol. The minimum absolute atomic E-state index is 0.0642. The molecule has 1 rings (SSSR count). The van der Waals surface area contributed by atoms with Crippen molar-refractivity contribution in [2.24, 2.45) is 0 Å². The van der Waals surface area contributed by atoms with Gasteiger partial charge in [-0.3, -0.25) is 0 Å². The van der Waals surface area contributed by atoms with Gasteiger partial charge >= 0.3 is 6.18 Å². The summed E-state index contributed by atoms with van der Waals surface area (Å²) in [6.07, 6.45) is -4.57. The molecule has 5 nitrogen and oxygen atoms in total. The van der Waals surface area contributed by atoms with Crippen LogP contribution < -0.4 is 0 Å². The van der Waals surface area contributed by atoms with Crippen molar-refractivity contribution in [2.75, 3.05) is 13.1 Å². The summed E-state index contributed by atoms with van der Waals surface area (Å²) in [4.78, 5) is 0. The van der Waals surface area contributed by atoms with Gasteiger partial charge in [-0.2, -0.15) is 28.0 Å². The fourth-order valence-electron chi connectivity index (χ4n) is 1.55. The molecule has 1 aromatic rings. The average Bonchev–Trinajstić information content (AvgIpc) is 2.37. The first-order valence-corrected chi connectivity index (χ1v) is 7.19. The first-order chi connectivity index (χ1) is 9.70. The molecule has 0 saturated carbocycles. The van der Waals surface area contributed by atoms with E-state index in [9.17, 15) is 21.6 Å². The molecule has 0 aliphatic heterocycles. The minimum atomic E-state index is -4.57. The molecule has 0 bridgehead atoms. The van der Waals surface area contributed by atoms with Gasteiger partial charge in [0.1, 0.15) is 13.1 Å². The Morgan fingerprint density at radius 3 is 2.19 bits per heavy atom. The first kappa shape index (κ1) is 17.0. The molecular weight excluding hydrogens is 307 g/mol. The number of nitrogens with zero attached hydrogens (tertiary/aromatic N) is 3. The van der Waals surface area contributed by atoms with Crippen LogP contribution in [-0.2, 0) is 22.0 Å². The molecule has 0 amide bonds. The van der Waals surface area contributed by atoms with E-state index in [1.165, 1.54) is 6.07 Å². The van der Waals surface area contributed by atoms with Crippen molar-refractivity contribution >= 4 is 10.0 Å². The van der Waals surface area contributed by atoms with E-state index in [-0.39, 0.29) is 5.56 Å². The Morgan fingerprint density at radius 1 is 1.14 bits per heavy atom. The van der Waals surface area contributed by atoms with Gasteiger partial charge < -0.3 is 0 Å². The lowest BCUT2D eigenvalue weighted by atomic mass is 10.1. The number of rotatable bonds is 5. The zero-order valence-corrected chi connectivity index (χ0v) is 11.4. The third kappa shape index (κ3) is 4.74. The predicted molar refractivity (Wildman–Crippen MR) is 66.9 cm³/mol. The van der Waals surface area contributed by atoms with Gasteiger partial charge in [0.15, 0.2) is 0 Å². The number of nitriles is 2. The van der Waals surface area contributed by atoms with Gasteiger partial charge in [0.05, 0.1) is 23.5 Å². The first-order valence-electron chi connectivity index (χ1n) is 5.58. The van der Waals surface area contributed by atoms with Crippen LogP contribution in [0.1, 0.15) is 11.1 Å². The quantitative estimate of drug-likeness (QED) is 0.776. The van der Waals surface area contributed by atoms with Crippen LogP contribution >= 0.6 is 0 Å². The Balaban J connectivity index is 3.04. The molecule has 21 heavy (non-hydrogen) atoms. The molecule has 0 unspecified atom stereocenters. The summed E-state index contributed by atoms with van der Waals surface area (Å²) in [6, 6.07) is 7.10. The second-order valence-corrected chi connectivity index (χ2v) is 6.01. The van der Waals surface area contributed by atoms with Gasteiger partial charge in [-0.1, -0.05) is 18.2 Å². The maximum atomic E-state index is 12.6. The highest BCUT2D eigenvalue weighted by Gasteiger charge is 2.31. The molecule has 0 heterocycles. The Labute approximate surface area is 119 Å². The number of benzene rings is 1. The summed E-state index contributed by atoms with van der Waals surface area (Å²) < 4.78 is 62.2. The minimum Gasteiger partial charge on any atom is -0.212 e. The third-order valence-corrected chi connectivity index (χ3v) is 4.23. The molecule has 0 fully saturated rings. The highest BCUT2D eigenvalue weighted by atomic mass is 32.2. The Morgan fingerprint density at radius 2 is 1.71 bits per heavy atom. The molecule has 112 valence electrons. The topological polar surface area (TPSA) is 85.0 Å². The van der Waals surface area contributed by atoms with Gasteiger partial charge in [-0.25, -0.2) is 8.42 Å². The SMILES string of the molecule is N#CCN(CC#N)S(=O)(=O)Cc1cccc(C(F)(F)F)c1. The van der Waals surface area contributed by atoms with Crippen LogP contribution in [-0.4, -0.2) is 25.8 Å². The van der Waals surface area contributed by atoms with E-state index in [1.807, 2.05) is 0 Å². The molecule has 0 radical (unpaired) electrons. The fraction of sp³-hybridized carbons (Fsp3) is 0.333. The normalized spacial score (nSPS) is 11.9. The van der Waals surface area contributed by atoms with Gasteiger partial charge in [0, 0.05) is 0 Å². The predicted octanol–water partition coefficient (Wildman–Crippen LogP) is 1.88. The van der Waals surface area contributed by atoms with Gasteiger partial charge in [0.25, 0.3) is 0 Å². The zero-order valence-electron chi connectivity index (χ0n) is 10.6. The second-order valence-electron chi connectivity index (χ2n) is 4.04. The highest BCUT2D eigenvalue weighted by molar-refractivity contribution is 7.88. The van der Waals surface area contributed by atoms with Gasteiger partial charge in [-0.05, 0) is 11.6 Å².